The highest BCUT2D eigenvalue weighted by atomic mass is 32.1. The first kappa shape index (κ1) is 26.4. The number of hydrogen-bond acceptors (Lipinski definition) is 4. The van der Waals surface area contributed by atoms with Gasteiger partial charge in [0.05, 0.1) is 4.87 Å². The maximum atomic E-state index is 5.49. The molecule has 0 aromatic heterocycles. The minimum atomic E-state index is -2.56. The summed E-state index contributed by atoms with van der Waals surface area (Å²) in [6.07, 6.45) is 21.8. The van der Waals surface area contributed by atoms with Crippen molar-refractivity contribution < 1.29 is 13.3 Å². The molecule has 26 heavy (non-hydrogen) atoms. The maximum Gasteiger partial charge on any atom is 0.513 e. The van der Waals surface area contributed by atoms with Gasteiger partial charge in [0.25, 0.3) is 0 Å². The Morgan fingerprint density at radius 1 is 0.577 bits per heavy atom. The molecule has 0 heterocycles. The fourth-order valence-electron chi connectivity index (χ4n) is 3.54. The zero-order chi connectivity index (χ0) is 19.5. The van der Waals surface area contributed by atoms with Crippen LogP contribution in [0, 0.1) is 0 Å². The minimum absolute atomic E-state index is 0.0736. The molecule has 0 spiro atoms. The van der Waals surface area contributed by atoms with Crippen LogP contribution >= 0.6 is 12.6 Å². The highest BCUT2D eigenvalue weighted by molar-refractivity contribution is 7.83. The summed E-state index contributed by atoms with van der Waals surface area (Å²) in [5, 5.41) is 0. The molecule has 0 aromatic rings. The van der Waals surface area contributed by atoms with Gasteiger partial charge in [-0.3, -0.25) is 0 Å². The van der Waals surface area contributed by atoms with Crippen molar-refractivity contribution in [1.82, 2.24) is 0 Å². The Morgan fingerprint density at radius 3 is 1.19 bits per heavy atom. The third-order valence-corrected chi connectivity index (χ3v) is 9.36. The van der Waals surface area contributed by atoms with E-state index in [1.54, 1.807) is 21.3 Å². The molecule has 0 bridgehead atoms. The van der Waals surface area contributed by atoms with Gasteiger partial charge < -0.3 is 13.3 Å². The molecule has 0 fully saturated rings. The Bertz CT molecular complexity index is 280. The number of hydrogen-bond donors (Lipinski definition) is 1. The van der Waals surface area contributed by atoms with E-state index in [4.69, 9.17) is 13.3 Å². The highest BCUT2D eigenvalue weighted by Gasteiger charge is 2.44. The van der Waals surface area contributed by atoms with E-state index in [2.05, 4.69) is 19.6 Å². The van der Waals surface area contributed by atoms with Crippen molar-refractivity contribution in [2.24, 2.45) is 0 Å². The van der Waals surface area contributed by atoms with Crippen LogP contribution in [0.15, 0.2) is 0 Å². The molecule has 0 amide bonds. The van der Waals surface area contributed by atoms with Crippen molar-refractivity contribution in [3.8, 4) is 0 Å². The summed E-state index contributed by atoms with van der Waals surface area (Å²) >= 11 is 4.66. The quantitative estimate of drug-likeness (QED) is 0.134. The van der Waals surface area contributed by atoms with E-state index >= 15 is 0 Å². The Labute approximate surface area is 170 Å². The van der Waals surface area contributed by atoms with Crippen LogP contribution in [-0.4, -0.2) is 35.0 Å². The summed E-state index contributed by atoms with van der Waals surface area (Å²) in [5.41, 5.74) is 0. The topological polar surface area (TPSA) is 27.7 Å². The molecule has 3 nitrogen and oxygen atoms in total. The Hall–Kier alpha value is 0.447. The monoisotopic (exact) mass is 406 g/mol. The molecular weight excluding hydrogens is 360 g/mol. The first-order valence-electron chi connectivity index (χ1n) is 11.0. The third kappa shape index (κ3) is 12.8. The van der Waals surface area contributed by atoms with Gasteiger partial charge in [0.15, 0.2) is 0 Å². The molecule has 0 aromatic carbocycles. The Kier molecular flexibility index (Phi) is 19.1. The van der Waals surface area contributed by atoms with E-state index in [0.717, 1.165) is 6.42 Å². The van der Waals surface area contributed by atoms with E-state index in [1.165, 1.54) is 96.3 Å². The molecular formula is C21H46O3SSi. The van der Waals surface area contributed by atoms with E-state index in [1.807, 2.05) is 0 Å². The lowest BCUT2D eigenvalue weighted by molar-refractivity contribution is 0.120. The van der Waals surface area contributed by atoms with Crippen molar-refractivity contribution in [2.75, 3.05) is 21.3 Å². The summed E-state index contributed by atoms with van der Waals surface area (Å²) < 4.78 is 16.5. The van der Waals surface area contributed by atoms with Gasteiger partial charge in [-0.1, -0.05) is 103 Å². The first-order chi connectivity index (χ1) is 12.7. The van der Waals surface area contributed by atoms with Crippen LogP contribution in [0.2, 0.25) is 0 Å². The average molecular weight is 407 g/mol. The predicted molar refractivity (Wildman–Crippen MR) is 119 cm³/mol. The maximum absolute atomic E-state index is 5.49. The zero-order valence-corrected chi connectivity index (χ0v) is 20.0. The average Bonchev–Trinajstić information content (AvgIpc) is 2.66. The summed E-state index contributed by atoms with van der Waals surface area (Å²) in [4.78, 5) is 0.0736. The van der Waals surface area contributed by atoms with E-state index in [0.29, 0.717) is 0 Å². The Balaban J connectivity index is 3.36. The lowest BCUT2D eigenvalue weighted by Gasteiger charge is -2.29. The van der Waals surface area contributed by atoms with Crippen molar-refractivity contribution in [3.63, 3.8) is 0 Å². The van der Waals surface area contributed by atoms with Crippen LogP contribution in [0.25, 0.3) is 0 Å². The third-order valence-electron chi connectivity index (χ3n) is 5.34. The molecule has 5 heteroatoms. The van der Waals surface area contributed by atoms with Crippen molar-refractivity contribution in [2.45, 2.75) is 115 Å². The molecule has 0 saturated carbocycles. The van der Waals surface area contributed by atoms with Crippen LogP contribution in [0.3, 0.4) is 0 Å². The van der Waals surface area contributed by atoms with Crippen molar-refractivity contribution in [1.29, 1.82) is 0 Å². The molecule has 0 aliphatic heterocycles. The van der Waals surface area contributed by atoms with Gasteiger partial charge in [-0.2, -0.15) is 12.6 Å². The summed E-state index contributed by atoms with van der Waals surface area (Å²) in [5.74, 6) is 0. The van der Waals surface area contributed by atoms with Crippen LogP contribution in [0.1, 0.15) is 110 Å². The number of thiol groups is 1. The molecule has 0 N–H and O–H groups in total. The van der Waals surface area contributed by atoms with E-state index in [9.17, 15) is 0 Å². The lowest BCUT2D eigenvalue weighted by atomic mass is 10.0. The van der Waals surface area contributed by atoms with Crippen LogP contribution < -0.4 is 0 Å². The normalized spacial score (nSPS) is 13.3. The minimum Gasteiger partial charge on any atom is -0.376 e. The van der Waals surface area contributed by atoms with Gasteiger partial charge >= 0.3 is 8.80 Å². The van der Waals surface area contributed by atoms with E-state index < -0.39 is 8.80 Å². The predicted octanol–water partition coefficient (Wildman–Crippen LogP) is 6.96. The van der Waals surface area contributed by atoms with Crippen LogP contribution in [-0.2, 0) is 13.3 Å². The van der Waals surface area contributed by atoms with Gasteiger partial charge in [0.1, 0.15) is 0 Å². The van der Waals surface area contributed by atoms with Crippen molar-refractivity contribution in [3.05, 3.63) is 0 Å². The van der Waals surface area contributed by atoms with E-state index in [-0.39, 0.29) is 4.87 Å². The molecule has 0 rings (SSSR count). The van der Waals surface area contributed by atoms with Gasteiger partial charge in [0.2, 0.25) is 0 Å². The fraction of sp³-hybridized carbons (Fsp3) is 1.00. The molecule has 0 radical (unpaired) electrons. The largest absolute Gasteiger partial charge is 0.513 e. The smallest absolute Gasteiger partial charge is 0.376 e. The Morgan fingerprint density at radius 2 is 0.885 bits per heavy atom. The van der Waals surface area contributed by atoms with Gasteiger partial charge in [-0.15, -0.1) is 0 Å². The molecule has 0 unspecified atom stereocenters. The molecule has 1 atom stereocenters. The number of unbranched alkanes of at least 4 members (excludes halogenated alkanes) is 14. The van der Waals surface area contributed by atoms with Crippen LogP contribution in [0.4, 0.5) is 0 Å². The highest BCUT2D eigenvalue weighted by Crippen LogP contribution is 2.23. The zero-order valence-electron chi connectivity index (χ0n) is 18.1. The molecule has 0 aliphatic carbocycles. The molecule has 158 valence electrons. The van der Waals surface area contributed by atoms with Gasteiger partial charge in [-0.25, -0.2) is 0 Å². The van der Waals surface area contributed by atoms with Crippen molar-refractivity contribution >= 4 is 21.4 Å². The molecule has 0 saturated heterocycles. The second kappa shape index (κ2) is 18.8. The lowest BCUT2D eigenvalue weighted by Crippen LogP contribution is -2.52. The van der Waals surface area contributed by atoms with Crippen LogP contribution in [0.5, 0.6) is 0 Å². The first-order valence-corrected chi connectivity index (χ1v) is 13.3. The second-order valence-corrected chi connectivity index (χ2v) is 11.7. The van der Waals surface area contributed by atoms with Gasteiger partial charge in [0, 0.05) is 21.3 Å². The van der Waals surface area contributed by atoms with Gasteiger partial charge in [-0.05, 0) is 6.42 Å². The fourth-order valence-corrected chi connectivity index (χ4v) is 6.55. The summed E-state index contributed by atoms with van der Waals surface area (Å²) in [7, 11) is 2.42. The second-order valence-electron chi connectivity index (χ2n) is 7.47. The number of rotatable bonds is 20. The molecule has 0 aliphatic rings. The standard InChI is InChI=1S/C21H46O3SSi/c1-5-6-7-8-9-10-11-12-13-14-15-16-17-18-19-20-21(25)26(22-2,23-3)24-4/h21,25H,5-20H2,1-4H3/t21-/m1/s1. The SMILES string of the molecule is CCCCCCCCCCCCCCCCC[C@H](S)[Si](OC)(OC)OC. The summed E-state index contributed by atoms with van der Waals surface area (Å²) in [6.45, 7) is 2.28. The summed E-state index contributed by atoms with van der Waals surface area (Å²) in [6, 6.07) is 0.